The van der Waals surface area contributed by atoms with Gasteiger partial charge in [-0.15, -0.1) is 0 Å². The molecule has 0 bridgehead atoms. The molecule has 21 heavy (non-hydrogen) atoms. The lowest BCUT2D eigenvalue weighted by Crippen LogP contribution is -2.49. The van der Waals surface area contributed by atoms with E-state index in [4.69, 9.17) is 4.74 Å². The standard InChI is InChI=1S/C16H23FN2O2/c1-16(2,3)21-15(20)18-13-5-4-10-19(11-13)14-8-6-12(17)7-9-14/h6-9,13H,4-5,10-11H2,1-3H3,(H,18,20)/t13-/m0/s1. The van der Waals surface area contributed by atoms with E-state index >= 15 is 0 Å². The minimum Gasteiger partial charge on any atom is -0.444 e. The molecule has 1 aliphatic rings. The van der Waals surface area contributed by atoms with Crippen molar-refractivity contribution in [3.05, 3.63) is 30.1 Å². The topological polar surface area (TPSA) is 41.6 Å². The normalized spacial score (nSPS) is 19.2. The van der Waals surface area contributed by atoms with Gasteiger partial charge in [-0.2, -0.15) is 0 Å². The number of piperidine rings is 1. The highest BCUT2D eigenvalue weighted by Gasteiger charge is 2.24. The van der Waals surface area contributed by atoms with Crippen LogP contribution in [0.15, 0.2) is 24.3 Å². The van der Waals surface area contributed by atoms with E-state index in [1.165, 1.54) is 12.1 Å². The van der Waals surface area contributed by atoms with Gasteiger partial charge in [0.15, 0.2) is 0 Å². The highest BCUT2D eigenvalue weighted by atomic mass is 19.1. The molecular weight excluding hydrogens is 271 g/mol. The van der Waals surface area contributed by atoms with Crippen LogP contribution in [0.5, 0.6) is 0 Å². The maximum absolute atomic E-state index is 13.0. The Morgan fingerprint density at radius 1 is 1.33 bits per heavy atom. The molecule has 1 saturated heterocycles. The number of benzene rings is 1. The third kappa shape index (κ3) is 4.92. The lowest BCUT2D eigenvalue weighted by atomic mass is 10.1. The molecule has 1 aliphatic heterocycles. The predicted octanol–water partition coefficient (Wildman–Crippen LogP) is 3.32. The van der Waals surface area contributed by atoms with Gasteiger partial charge >= 0.3 is 6.09 Å². The fraction of sp³-hybridized carbons (Fsp3) is 0.562. The molecule has 0 radical (unpaired) electrons. The highest BCUT2D eigenvalue weighted by Crippen LogP contribution is 2.20. The van der Waals surface area contributed by atoms with E-state index < -0.39 is 5.60 Å². The maximum atomic E-state index is 13.0. The van der Waals surface area contributed by atoms with Crippen molar-refractivity contribution >= 4 is 11.8 Å². The number of hydrogen-bond acceptors (Lipinski definition) is 3. The zero-order valence-corrected chi connectivity index (χ0v) is 12.9. The summed E-state index contributed by atoms with van der Waals surface area (Å²) in [5.74, 6) is -0.237. The Balaban J connectivity index is 1.91. The first kappa shape index (κ1) is 15.6. The molecule has 0 aliphatic carbocycles. The quantitative estimate of drug-likeness (QED) is 0.909. The fourth-order valence-electron chi connectivity index (χ4n) is 2.46. The third-order valence-electron chi connectivity index (χ3n) is 3.33. The van der Waals surface area contributed by atoms with Gasteiger partial charge in [-0.05, 0) is 57.9 Å². The largest absolute Gasteiger partial charge is 0.444 e. The van der Waals surface area contributed by atoms with Crippen LogP contribution in [0.25, 0.3) is 0 Å². The van der Waals surface area contributed by atoms with E-state index in [0.717, 1.165) is 25.1 Å². The van der Waals surface area contributed by atoms with Crippen LogP contribution in [0, 0.1) is 5.82 Å². The molecule has 1 aromatic carbocycles. The summed E-state index contributed by atoms with van der Waals surface area (Å²) in [4.78, 5) is 14.0. The van der Waals surface area contributed by atoms with Crippen LogP contribution in [0.4, 0.5) is 14.9 Å². The van der Waals surface area contributed by atoms with Crippen molar-refractivity contribution in [2.24, 2.45) is 0 Å². The number of amides is 1. The number of carbonyl (C=O) groups excluding carboxylic acids is 1. The number of alkyl carbamates (subject to hydrolysis) is 1. The van der Waals surface area contributed by atoms with Crippen LogP contribution in [0.2, 0.25) is 0 Å². The smallest absolute Gasteiger partial charge is 0.407 e. The molecule has 1 aromatic rings. The summed E-state index contributed by atoms with van der Waals surface area (Å²) in [7, 11) is 0. The van der Waals surface area contributed by atoms with Crippen LogP contribution < -0.4 is 10.2 Å². The Kier molecular flexibility index (Phi) is 4.70. The van der Waals surface area contributed by atoms with E-state index in [9.17, 15) is 9.18 Å². The molecule has 116 valence electrons. The Labute approximate surface area is 125 Å². The fourth-order valence-corrected chi connectivity index (χ4v) is 2.46. The summed E-state index contributed by atoms with van der Waals surface area (Å²) in [5, 5.41) is 2.91. The molecule has 1 fully saturated rings. The lowest BCUT2D eigenvalue weighted by molar-refractivity contribution is 0.0500. The van der Waals surface area contributed by atoms with Gasteiger partial charge in [-0.25, -0.2) is 9.18 Å². The Hall–Kier alpha value is -1.78. The zero-order chi connectivity index (χ0) is 15.5. The van der Waals surface area contributed by atoms with E-state index in [0.29, 0.717) is 6.54 Å². The van der Waals surface area contributed by atoms with Crippen molar-refractivity contribution in [3.63, 3.8) is 0 Å². The lowest BCUT2D eigenvalue weighted by Gasteiger charge is -2.35. The summed E-state index contributed by atoms with van der Waals surface area (Å²) >= 11 is 0. The summed E-state index contributed by atoms with van der Waals surface area (Å²) in [6.45, 7) is 7.16. The molecule has 5 heteroatoms. The average molecular weight is 294 g/mol. The van der Waals surface area contributed by atoms with Gasteiger partial charge in [0, 0.05) is 24.8 Å². The van der Waals surface area contributed by atoms with Crippen LogP contribution in [-0.2, 0) is 4.74 Å². The molecule has 0 spiro atoms. The molecule has 1 amide bonds. The number of hydrogen-bond donors (Lipinski definition) is 1. The van der Waals surface area contributed by atoms with Crippen molar-refractivity contribution in [1.29, 1.82) is 0 Å². The van der Waals surface area contributed by atoms with Gasteiger partial charge in [-0.1, -0.05) is 0 Å². The van der Waals surface area contributed by atoms with Crippen molar-refractivity contribution in [2.75, 3.05) is 18.0 Å². The Morgan fingerprint density at radius 2 is 2.00 bits per heavy atom. The van der Waals surface area contributed by atoms with Crippen LogP contribution >= 0.6 is 0 Å². The summed E-state index contributed by atoms with van der Waals surface area (Å²) in [5.41, 5.74) is 0.488. The van der Waals surface area contributed by atoms with Crippen molar-refractivity contribution in [3.8, 4) is 0 Å². The van der Waals surface area contributed by atoms with Gasteiger partial charge in [0.2, 0.25) is 0 Å². The third-order valence-corrected chi connectivity index (χ3v) is 3.33. The first-order chi connectivity index (χ1) is 9.83. The van der Waals surface area contributed by atoms with Gasteiger partial charge < -0.3 is 15.0 Å². The molecule has 4 nitrogen and oxygen atoms in total. The van der Waals surface area contributed by atoms with Gasteiger partial charge in [0.25, 0.3) is 0 Å². The highest BCUT2D eigenvalue weighted by molar-refractivity contribution is 5.68. The average Bonchev–Trinajstić information content (AvgIpc) is 2.37. The monoisotopic (exact) mass is 294 g/mol. The van der Waals surface area contributed by atoms with E-state index in [-0.39, 0.29) is 18.0 Å². The number of nitrogens with zero attached hydrogens (tertiary/aromatic N) is 1. The minimum atomic E-state index is -0.491. The molecule has 0 aromatic heterocycles. The second-order valence-corrected chi connectivity index (χ2v) is 6.41. The number of carbonyl (C=O) groups is 1. The van der Waals surface area contributed by atoms with Gasteiger partial charge in [0.1, 0.15) is 11.4 Å². The molecule has 1 atom stereocenters. The van der Waals surface area contributed by atoms with Gasteiger partial charge in [-0.3, -0.25) is 0 Å². The molecule has 2 rings (SSSR count). The summed E-state index contributed by atoms with van der Waals surface area (Å²) in [6.07, 6.45) is 1.53. The van der Waals surface area contributed by atoms with E-state index in [2.05, 4.69) is 10.2 Å². The number of ether oxygens (including phenoxy) is 1. The minimum absolute atomic E-state index is 0.0543. The molecule has 0 unspecified atom stereocenters. The second-order valence-electron chi connectivity index (χ2n) is 6.41. The predicted molar refractivity (Wildman–Crippen MR) is 81.0 cm³/mol. The Morgan fingerprint density at radius 3 is 2.62 bits per heavy atom. The first-order valence-electron chi connectivity index (χ1n) is 7.33. The number of nitrogens with one attached hydrogen (secondary N) is 1. The number of rotatable bonds is 2. The maximum Gasteiger partial charge on any atom is 0.407 e. The molecule has 1 N–H and O–H groups in total. The van der Waals surface area contributed by atoms with E-state index in [1.54, 1.807) is 12.1 Å². The second kappa shape index (κ2) is 6.33. The molecule has 0 saturated carbocycles. The van der Waals surface area contributed by atoms with Crippen molar-refractivity contribution in [1.82, 2.24) is 5.32 Å². The van der Waals surface area contributed by atoms with Crippen molar-refractivity contribution in [2.45, 2.75) is 45.3 Å². The number of anilines is 1. The number of halogens is 1. The summed E-state index contributed by atoms with van der Waals surface area (Å²) < 4.78 is 18.2. The zero-order valence-electron chi connectivity index (χ0n) is 12.9. The molecule has 1 heterocycles. The van der Waals surface area contributed by atoms with E-state index in [1.807, 2.05) is 20.8 Å². The van der Waals surface area contributed by atoms with Crippen LogP contribution in [-0.4, -0.2) is 30.8 Å². The first-order valence-corrected chi connectivity index (χ1v) is 7.33. The van der Waals surface area contributed by atoms with Crippen LogP contribution in [0.3, 0.4) is 0 Å². The SMILES string of the molecule is CC(C)(C)OC(=O)N[C@H]1CCCN(c2ccc(F)cc2)C1. The van der Waals surface area contributed by atoms with Gasteiger partial charge in [0.05, 0.1) is 0 Å². The van der Waals surface area contributed by atoms with Crippen LogP contribution in [0.1, 0.15) is 33.6 Å². The van der Waals surface area contributed by atoms with Crippen molar-refractivity contribution < 1.29 is 13.9 Å². The molecular formula is C16H23FN2O2. The summed E-state index contributed by atoms with van der Waals surface area (Å²) in [6, 6.07) is 6.51. The Bertz CT molecular complexity index is 482.